The van der Waals surface area contributed by atoms with Crippen LogP contribution in [-0.4, -0.2) is 16.0 Å². The van der Waals surface area contributed by atoms with E-state index in [0.29, 0.717) is 11.5 Å². The van der Waals surface area contributed by atoms with E-state index in [0.717, 1.165) is 0 Å². The number of hydrogen-bond acceptors (Lipinski definition) is 5. The first-order valence-electron chi connectivity index (χ1n) is 4.30. The third kappa shape index (κ3) is 1.77. The summed E-state index contributed by atoms with van der Waals surface area (Å²) in [6.07, 6.45) is 1.71. The van der Waals surface area contributed by atoms with Crippen LogP contribution in [0.3, 0.4) is 0 Å². The fraction of sp³-hybridized carbons (Fsp3) is 0.100. The summed E-state index contributed by atoms with van der Waals surface area (Å²) in [4.78, 5) is 0. The van der Waals surface area contributed by atoms with Crippen molar-refractivity contribution in [1.29, 1.82) is 0 Å². The van der Waals surface area contributed by atoms with Gasteiger partial charge < -0.3 is 19.1 Å². The fourth-order valence-electron chi connectivity index (χ4n) is 1.24. The Morgan fingerprint density at radius 3 is 2.47 bits per heavy atom. The summed E-state index contributed by atoms with van der Waals surface area (Å²) < 4.78 is 10.0. The number of oxime groups is 1. The second-order valence-electron chi connectivity index (χ2n) is 2.88. The third-order valence-electron chi connectivity index (χ3n) is 1.95. The van der Waals surface area contributed by atoms with Crippen LogP contribution in [0.15, 0.2) is 50.8 Å². The standard InChI is InChI=1S/C10H9NO4/c12-10(8-4-2-6-15-8)9(11-13)7-3-1-5-14-7/h1-6,10,12-13H/b11-9+. The molecule has 0 aliphatic rings. The Morgan fingerprint density at radius 1 is 1.20 bits per heavy atom. The van der Waals surface area contributed by atoms with Gasteiger partial charge in [-0.15, -0.1) is 0 Å². The Bertz CT molecular complexity index is 430. The highest BCUT2D eigenvalue weighted by molar-refractivity contribution is 6.01. The van der Waals surface area contributed by atoms with Crippen LogP contribution in [0.1, 0.15) is 17.6 Å². The average Bonchev–Trinajstić information content (AvgIpc) is 2.91. The molecule has 0 spiro atoms. The lowest BCUT2D eigenvalue weighted by molar-refractivity contribution is 0.205. The molecule has 0 fully saturated rings. The van der Waals surface area contributed by atoms with Gasteiger partial charge in [0.1, 0.15) is 5.76 Å². The molecule has 0 aromatic carbocycles. The summed E-state index contributed by atoms with van der Waals surface area (Å²) in [7, 11) is 0. The highest BCUT2D eigenvalue weighted by Crippen LogP contribution is 2.19. The maximum Gasteiger partial charge on any atom is 0.160 e. The molecule has 0 aliphatic heterocycles. The van der Waals surface area contributed by atoms with Gasteiger partial charge in [-0.25, -0.2) is 0 Å². The maximum absolute atomic E-state index is 9.80. The molecule has 2 aromatic heterocycles. The zero-order valence-corrected chi connectivity index (χ0v) is 7.70. The molecule has 0 saturated carbocycles. The predicted octanol–water partition coefficient (Wildman–Crippen LogP) is 1.78. The summed E-state index contributed by atoms with van der Waals surface area (Å²) >= 11 is 0. The van der Waals surface area contributed by atoms with Gasteiger partial charge in [0.2, 0.25) is 0 Å². The Hall–Kier alpha value is -2.01. The number of aliphatic hydroxyl groups is 1. The van der Waals surface area contributed by atoms with Gasteiger partial charge in [0.15, 0.2) is 17.6 Å². The van der Waals surface area contributed by atoms with E-state index in [1.807, 2.05) is 0 Å². The van der Waals surface area contributed by atoms with Crippen LogP contribution in [0.25, 0.3) is 0 Å². The molecule has 0 saturated heterocycles. The predicted molar refractivity (Wildman–Crippen MR) is 50.7 cm³/mol. The molecular formula is C10H9NO4. The van der Waals surface area contributed by atoms with E-state index in [4.69, 9.17) is 14.0 Å². The Balaban J connectivity index is 2.30. The van der Waals surface area contributed by atoms with E-state index in [1.165, 1.54) is 12.5 Å². The van der Waals surface area contributed by atoms with Crippen LogP contribution in [0.4, 0.5) is 0 Å². The van der Waals surface area contributed by atoms with Crippen LogP contribution in [0, 0.1) is 0 Å². The van der Waals surface area contributed by atoms with Gasteiger partial charge in [-0.2, -0.15) is 0 Å². The molecule has 2 N–H and O–H groups in total. The number of furan rings is 2. The monoisotopic (exact) mass is 207 g/mol. The van der Waals surface area contributed by atoms with Crippen molar-refractivity contribution in [1.82, 2.24) is 0 Å². The van der Waals surface area contributed by atoms with Crippen molar-refractivity contribution in [2.75, 3.05) is 0 Å². The van der Waals surface area contributed by atoms with Crippen LogP contribution >= 0.6 is 0 Å². The molecule has 5 heteroatoms. The van der Waals surface area contributed by atoms with Gasteiger partial charge in [0, 0.05) is 0 Å². The summed E-state index contributed by atoms with van der Waals surface area (Å²) in [5, 5.41) is 21.6. The van der Waals surface area contributed by atoms with Gasteiger partial charge in [-0.05, 0) is 24.3 Å². The van der Waals surface area contributed by atoms with Crippen LogP contribution in [-0.2, 0) is 0 Å². The van der Waals surface area contributed by atoms with Crippen molar-refractivity contribution in [2.24, 2.45) is 5.16 Å². The molecule has 5 nitrogen and oxygen atoms in total. The molecular weight excluding hydrogens is 198 g/mol. The highest BCUT2D eigenvalue weighted by Gasteiger charge is 2.22. The van der Waals surface area contributed by atoms with Crippen molar-refractivity contribution in [3.05, 3.63) is 48.3 Å². The van der Waals surface area contributed by atoms with Gasteiger partial charge in [0.05, 0.1) is 12.5 Å². The van der Waals surface area contributed by atoms with Crippen molar-refractivity contribution >= 4 is 5.71 Å². The Labute approximate surface area is 85.2 Å². The summed E-state index contributed by atoms with van der Waals surface area (Å²) in [6.45, 7) is 0. The van der Waals surface area contributed by atoms with Crippen molar-refractivity contribution in [3.63, 3.8) is 0 Å². The van der Waals surface area contributed by atoms with E-state index in [1.54, 1.807) is 24.3 Å². The normalized spacial score (nSPS) is 14.1. The van der Waals surface area contributed by atoms with Gasteiger partial charge in [-0.1, -0.05) is 5.16 Å². The number of hydrogen-bond donors (Lipinski definition) is 2. The van der Waals surface area contributed by atoms with Gasteiger partial charge in [-0.3, -0.25) is 0 Å². The van der Waals surface area contributed by atoms with E-state index >= 15 is 0 Å². The SMILES string of the molecule is O/N=C(\c1ccco1)C(O)c1ccco1. The largest absolute Gasteiger partial charge is 0.466 e. The fourth-order valence-corrected chi connectivity index (χ4v) is 1.24. The zero-order chi connectivity index (χ0) is 10.7. The molecule has 2 heterocycles. The number of nitrogens with zero attached hydrogens (tertiary/aromatic N) is 1. The first kappa shape index (κ1) is 9.54. The zero-order valence-electron chi connectivity index (χ0n) is 7.70. The summed E-state index contributed by atoms with van der Waals surface area (Å²) in [5.74, 6) is 0.584. The van der Waals surface area contributed by atoms with Gasteiger partial charge >= 0.3 is 0 Å². The molecule has 1 unspecified atom stereocenters. The lowest BCUT2D eigenvalue weighted by Crippen LogP contribution is -2.12. The van der Waals surface area contributed by atoms with Crippen molar-refractivity contribution in [2.45, 2.75) is 6.10 Å². The first-order chi connectivity index (χ1) is 7.33. The molecule has 0 amide bonds. The van der Waals surface area contributed by atoms with E-state index in [9.17, 15) is 5.11 Å². The second kappa shape index (κ2) is 4.02. The average molecular weight is 207 g/mol. The minimum Gasteiger partial charge on any atom is -0.466 e. The molecule has 2 aromatic rings. The van der Waals surface area contributed by atoms with E-state index in [-0.39, 0.29) is 5.71 Å². The van der Waals surface area contributed by atoms with Crippen LogP contribution in [0.2, 0.25) is 0 Å². The molecule has 78 valence electrons. The van der Waals surface area contributed by atoms with Crippen molar-refractivity contribution in [3.8, 4) is 0 Å². The molecule has 1 atom stereocenters. The maximum atomic E-state index is 9.80. The lowest BCUT2D eigenvalue weighted by Gasteiger charge is -2.06. The van der Waals surface area contributed by atoms with Crippen LogP contribution < -0.4 is 0 Å². The Kier molecular flexibility index (Phi) is 2.55. The summed E-state index contributed by atoms with van der Waals surface area (Å²) in [6, 6.07) is 6.44. The molecule has 15 heavy (non-hydrogen) atoms. The quantitative estimate of drug-likeness (QED) is 0.456. The van der Waals surface area contributed by atoms with Gasteiger partial charge in [0.25, 0.3) is 0 Å². The number of aliphatic hydroxyl groups excluding tert-OH is 1. The molecule has 2 rings (SSSR count). The highest BCUT2D eigenvalue weighted by atomic mass is 16.4. The topological polar surface area (TPSA) is 79.1 Å². The minimum atomic E-state index is -1.14. The lowest BCUT2D eigenvalue weighted by atomic mass is 10.1. The molecule has 0 aliphatic carbocycles. The number of rotatable bonds is 3. The smallest absolute Gasteiger partial charge is 0.160 e. The second-order valence-corrected chi connectivity index (χ2v) is 2.88. The third-order valence-corrected chi connectivity index (χ3v) is 1.95. The summed E-state index contributed by atoms with van der Waals surface area (Å²) in [5.41, 5.74) is 0.00921. The molecule has 0 radical (unpaired) electrons. The van der Waals surface area contributed by atoms with E-state index in [2.05, 4.69) is 5.16 Å². The molecule has 0 bridgehead atoms. The van der Waals surface area contributed by atoms with Crippen LogP contribution in [0.5, 0.6) is 0 Å². The van der Waals surface area contributed by atoms with E-state index < -0.39 is 6.10 Å². The minimum absolute atomic E-state index is 0.00921. The first-order valence-corrected chi connectivity index (χ1v) is 4.30. The van der Waals surface area contributed by atoms with Crippen molar-refractivity contribution < 1.29 is 19.1 Å². The Morgan fingerprint density at radius 2 is 1.93 bits per heavy atom.